The summed E-state index contributed by atoms with van der Waals surface area (Å²) in [7, 11) is 1.50. The minimum absolute atomic E-state index is 0.0143. The topological polar surface area (TPSA) is 79.4 Å². The normalized spacial score (nSPS) is 16.5. The molecule has 1 aliphatic rings. The van der Waals surface area contributed by atoms with E-state index in [1.165, 1.54) is 31.6 Å². The third-order valence-corrected chi connectivity index (χ3v) is 6.02. The van der Waals surface area contributed by atoms with Crippen molar-refractivity contribution in [1.82, 2.24) is 14.9 Å². The maximum Gasteiger partial charge on any atom is 0.248 e. The summed E-state index contributed by atoms with van der Waals surface area (Å²) < 4.78 is 32.5. The first-order chi connectivity index (χ1) is 16.9. The molecule has 1 amide bonds. The molecule has 184 valence electrons. The van der Waals surface area contributed by atoms with Gasteiger partial charge in [0.1, 0.15) is 29.9 Å². The number of rotatable bonds is 8. The largest absolute Gasteiger partial charge is 0.494 e. The van der Waals surface area contributed by atoms with Gasteiger partial charge in [-0.1, -0.05) is 17.7 Å². The second kappa shape index (κ2) is 11.4. The smallest absolute Gasteiger partial charge is 0.248 e. The van der Waals surface area contributed by atoms with Crippen LogP contribution in [0.3, 0.4) is 0 Å². The number of benzene rings is 2. The zero-order valence-electron chi connectivity index (χ0n) is 19.2. The van der Waals surface area contributed by atoms with Gasteiger partial charge >= 0.3 is 0 Å². The SMILES string of the molecule is COc1cc2ncnc(Nc3ccc(F)c(Cl)c3)c2cc1NC(=O)/C=C/CCN1CCCC(F)C1. The fourth-order valence-electron chi connectivity index (χ4n) is 3.98. The van der Waals surface area contributed by atoms with Crippen LogP contribution >= 0.6 is 11.6 Å². The predicted molar refractivity (Wildman–Crippen MR) is 134 cm³/mol. The molecule has 0 aliphatic carbocycles. The molecule has 0 radical (unpaired) electrons. The molecule has 1 saturated heterocycles. The fourth-order valence-corrected chi connectivity index (χ4v) is 4.17. The van der Waals surface area contributed by atoms with Crippen molar-refractivity contribution in [2.75, 3.05) is 37.4 Å². The highest BCUT2D eigenvalue weighted by Gasteiger charge is 2.18. The van der Waals surface area contributed by atoms with Crippen molar-refractivity contribution in [2.24, 2.45) is 0 Å². The number of hydrogen-bond acceptors (Lipinski definition) is 6. The van der Waals surface area contributed by atoms with E-state index >= 15 is 0 Å². The quantitative estimate of drug-likeness (QED) is 0.397. The first-order valence-corrected chi connectivity index (χ1v) is 11.7. The van der Waals surface area contributed by atoms with Crippen LogP contribution in [0.1, 0.15) is 19.3 Å². The Balaban J connectivity index is 1.48. The van der Waals surface area contributed by atoms with E-state index in [-0.39, 0.29) is 10.9 Å². The minimum Gasteiger partial charge on any atom is -0.494 e. The van der Waals surface area contributed by atoms with E-state index in [4.69, 9.17) is 16.3 Å². The number of aromatic nitrogens is 2. The van der Waals surface area contributed by atoms with E-state index in [1.807, 2.05) is 0 Å². The minimum atomic E-state index is -0.764. The number of anilines is 3. The fraction of sp³-hybridized carbons (Fsp3) is 0.320. The number of carbonyl (C=O) groups is 1. The number of halogens is 3. The lowest BCUT2D eigenvalue weighted by Crippen LogP contribution is -2.36. The number of ether oxygens (including phenoxy) is 1. The number of hydrogen-bond donors (Lipinski definition) is 2. The van der Waals surface area contributed by atoms with Crippen LogP contribution in [-0.2, 0) is 4.79 Å². The number of carbonyl (C=O) groups excluding carboxylic acids is 1. The number of likely N-dealkylation sites (tertiary alicyclic amines) is 1. The molecule has 1 fully saturated rings. The monoisotopic (exact) mass is 501 g/mol. The number of methoxy groups -OCH3 is 1. The second-order valence-corrected chi connectivity index (χ2v) is 8.67. The van der Waals surface area contributed by atoms with Gasteiger partial charge in [-0.2, -0.15) is 0 Å². The number of fused-ring (bicyclic) bond motifs is 1. The first-order valence-electron chi connectivity index (χ1n) is 11.3. The van der Waals surface area contributed by atoms with Gasteiger partial charge in [0.15, 0.2) is 0 Å². The van der Waals surface area contributed by atoms with Crippen molar-refractivity contribution in [3.63, 3.8) is 0 Å². The van der Waals surface area contributed by atoms with Gasteiger partial charge in [0.2, 0.25) is 5.91 Å². The maximum atomic E-state index is 13.5. The van der Waals surface area contributed by atoms with E-state index < -0.39 is 12.0 Å². The molecule has 4 rings (SSSR count). The first kappa shape index (κ1) is 24.8. The van der Waals surface area contributed by atoms with Gasteiger partial charge in [-0.15, -0.1) is 0 Å². The van der Waals surface area contributed by atoms with Gasteiger partial charge in [0.25, 0.3) is 0 Å². The van der Waals surface area contributed by atoms with Crippen LogP contribution in [0, 0.1) is 5.82 Å². The summed E-state index contributed by atoms with van der Waals surface area (Å²) in [6.07, 6.45) is 6.01. The molecule has 2 heterocycles. The Kier molecular flexibility index (Phi) is 8.09. The summed E-state index contributed by atoms with van der Waals surface area (Å²) in [5.74, 6) is 0.0616. The Labute approximate surface area is 207 Å². The summed E-state index contributed by atoms with van der Waals surface area (Å²) >= 11 is 5.89. The molecular formula is C25H26ClF2N5O2. The number of nitrogens with one attached hydrogen (secondary N) is 2. The molecule has 2 aromatic carbocycles. The molecule has 7 nitrogen and oxygen atoms in total. The average Bonchev–Trinajstić information content (AvgIpc) is 2.84. The highest BCUT2D eigenvalue weighted by atomic mass is 35.5. The van der Waals surface area contributed by atoms with Crippen LogP contribution < -0.4 is 15.4 Å². The third-order valence-electron chi connectivity index (χ3n) is 5.73. The highest BCUT2D eigenvalue weighted by Crippen LogP contribution is 2.33. The Morgan fingerprint density at radius 1 is 1.31 bits per heavy atom. The van der Waals surface area contributed by atoms with Gasteiger partial charge < -0.3 is 20.3 Å². The summed E-state index contributed by atoms with van der Waals surface area (Å²) in [5.41, 5.74) is 1.59. The summed E-state index contributed by atoms with van der Waals surface area (Å²) in [4.78, 5) is 23.2. The zero-order chi connectivity index (χ0) is 24.8. The number of amides is 1. The summed E-state index contributed by atoms with van der Waals surface area (Å²) in [5, 5.41) is 6.55. The molecule has 2 N–H and O–H groups in total. The van der Waals surface area contributed by atoms with E-state index in [9.17, 15) is 13.6 Å². The molecule has 0 bridgehead atoms. The average molecular weight is 502 g/mol. The predicted octanol–water partition coefficient (Wildman–Crippen LogP) is 5.49. The lowest BCUT2D eigenvalue weighted by molar-refractivity contribution is -0.111. The van der Waals surface area contributed by atoms with Crippen molar-refractivity contribution in [3.8, 4) is 5.75 Å². The molecule has 10 heteroatoms. The van der Waals surface area contributed by atoms with Gasteiger partial charge in [-0.3, -0.25) is 4.79 Å². The van der Waals surface area contributed by atoms with Crippen molar-refractivity contribution in [1.29, 1.82) is 0 Å². The van der Waals surface area contributed by atoms with Crippen LogP contribution in [0.2, 0.25) is 5.02 Å². The lowest BCUT2D eigenvalue weighted by atomic mass is 10.1. The lowest BCUT2D eigenvalue weighted by Gasteiger charge is -2.28. The van der Waals surface area contributed by atoms with Crippen LogP contribution in [-0.4, -0.2) is 53.7 Å². The van der Waals surface area contributed by atoms with E-state index in [2.05, 4.69) is 25.5 Å². The highest BCUT2D eigenvalue weighted by molar-refractivity contribution is 6.31. The standard InChI is InChI=1S/C25H26ClF2N5O2/c1-35-23-13-21-18(25(30-15-29-21)31-17-7-8-20(28)19(26)11-17)12-22(23)32-24(34)6-2-3-9-33-10-4-5-16(27)14-33/h2,6-8,11-13,15-16H,3-5,9-10,14H2,1H3,(H,32,34)(H,29,30,31)/b6-2+. The van der Waals surface area contributed by atoms with E-state index in [1.54, 1.807) is 24.3 Å². The summed E-state index contributed by atoms with van der Waals surface area (Å²) in [6, 6.07) is 7.67. The second-order valence-electron chi connectivity index (χ2n) is 8.27. The van der Waals surface area contributed by atoms with Crippen LogP contribution in [0.25, 0.3) is 10.9 Å². The van der Waals surface area contributed by atoms with Crippen molar-refractivity contribution < 1.29 is 18.3 Å². The molecule has 1 unspecified atom stereocenters. The number of piperidine rings is 1. The van der Waals surface area contributed by atoms with Gasteiger partial charge in [-0.05, 0) is 56.1 Å². The zero-order valence-corrected chi connectivity index (χ0v) is 20.0. The molecule has 35 heavy (non-hydrogen) atoms. The molecular weight excluding hydrogens is 476 g/mol. The summed E-state index contributed by atoms with van der Waals surface area (Å²) in [6.45, 7) is 2.05. The maximum absolute atomic E-state index is 13.5. The third kappa shape index (κ3) is 6.43. The van der Waals surface area contributed by atoms with Gasteiger partial charge in [0.05, 0.1) is 23.3 Å². The Morgan fingerprint density at radius 3 is 2.94 bits per heavy atom. The van der Waals surface area contributed by atoms with Crippen LogP contribution in [0.4, 0.5) is 26.0 Å². The Morgan fingerprint density at radius 2 is 2.17 bits per heavy atom. The number of nitrogens with zero attached hydrogens (tertiary/aromatic N) is 3. The molecule has 3 aromatic rings. The van der Waals surface area contributed by atoms with Crippen molar-refractivity contribution in [2.45, 2.75) is 25.4 Å². The molecule has 1 aromatic heterocycles. The molecule has 0 spiro atoms. The van der Waals surface area contributed by atoms with Crippen molar-refractivity contribution in [3.05, 3.63) is 59.7 Å². The molecule has 1 aliphatic heterocycles. The van der Waals surface area contributed by atoms with Gasteiger partial charge in [-0.25, -0.2) is 18.7 Å². The van der Waals surface area contributed by atoms with Crippen molar-refractivity contribution >= 4 is 45.6 Å². The molecule has 0 saturated carbocycles. The van der Waals surface area contributed by atoms with Crippen LogP contribution in [0.5, 0.6) is 5.75 Å². The Hall–Kier alpha value is -3.30. The van der Waals surface area contributed by atoms with E-state index in [0.29, 0.717) is 59.8 Å². The van der Waals surface area contributed by atoms with Gasteiger partial charge in [0, 0.05) is 30.2 Å². The van der Waals surface area contributed by atoms with Crippen LogP contribution in [0.15, 0.2) is 48.8 Å². The van der Waals surface area contributed by atoms with E-state index in [0.717, 1.165) is 13.0 Å². The Bertz CT molecular complexity index is 1240. The molecule has 1 atom stereocenters. The number of alkyl halides is 1.